The van der Waals surface area contributed by atoms with Gasteiger partial charge in [0, 0.05) is 0 Å². The van der Waals surface area contributed by atoms with Gasteiger partial charge in [0.25, 0.3) is 0 Å². The molecule has 0 aliphatic carbocycles. The molecule has 0 radical (unpaired) electrons. The van der Waals surface area contributed by atoms with Crippen LogP contribution in [0.25, 0.3) is 0 Å². The summed E-state index contributed by atoms with van der Waals surface area (Å²) in [5.74, 6) is 0. The average Bonchev–Trinajstić information content (AvgIpc) is 2.09. The van der Waals surface area contributed by atoms with E-state index >= 15 is 0 Å². The molecule has 3 nitrogen and oxygen atoms in total. The third kappa shape index (κ3) is 1.90. The Morgan fingerprint density at radius 3 is 2.18 bits per heavy atom. The van der Waals surface area contributed by atoms with Gasteiger partial charge in [0.15, 0.2) is 0 Å². The summed E-state index contributed by atoms with van der Waals surface area (Å²) in [4.78, 5) is 3.95. The van der Waals surface area contributed by atoms with E-state index in [9.17, 15) is 0 Å². The highest BCUT2D eigenvalue weighted by atomic mass is 15.5. The lowest BCUT2D eigenvalue weighted by Crippen LogP contribution is -2.57. The van der Waals surface area contributed by atoms with Crippen molar-refractivity contribution in [2.75, 3.05) is 18.1 Å². The summed E-state index contributed by atoms with van der Waals surface area (Å²) in [7, 11) is 0. The van der Waals surface area contributed by atoms with E-state index in [2.05, 4.69) is 23.8 Å². The van der Waals surface area contributed by atoms with Gasteiger partial charge < -0.3 is 0 Å². The van der Waals surface area contributed by atoms with Crippen LogP contribution in [0.15, 0.2) is 24.8 Å². The fourth-order valence-electron chi connectivity index (χ4n) is 1.05. The first-order valence-corrected chi connectivity index (χ1v) is 3.95. The number of rotatable bonds is 3. The molecule has 0 spiro atoms. The van der Waals surface area contributed by atoms with Crippen LogP contribution in [0.4, 0.5) is 0 Å². The van der Waals surface area contributed by atoms with Crippen LogP contribution in [0.2, 0.25) is 0 Å². The standard InChI is InChI=1S/C8H14N3/c1-3-10(4-2)11-7-5-9-6-8-11/h5-8H,3-4H2,1-2H3/q+1. The molecule has 0 bridgehead atoms. The lowest BCUT2D eigenvalue weighted by Gasteiger charge is -2.11. The van der Waals surface area contributed by atoms with Crippen molar-refractivity contribution < 1.29 is 4.68 Å². The average molecular weight is 152 g/mol. The number of nitrogens with zero attached hydrogens (tertiary/aromatic N) is 3. The second-order valence-electron chi connectivity index (χ2n) is 2.26. The number of aromatic nitrogens is 2. The monoisotopic (exact) mass is 152 g/mol. The zero-order chi connectivity index (χ0) is 8.10. The maximum absolute atomic E-state index is 3.95. The first kappa shape index (κ1) is 7.98. The smallest absolute Gasteiger partial charge is 0.217 e. The largest absolute Gasteiger partial charge is 0.252 e. The minimum Gasteiger partial charge on any atom is -0.252 e. The van der Waals surface area contributed by atoms with Crippen LogP contribution in [-0.4, -0.2) is 18.1 Å². The zero-order valence-electron chi connectivity index (χ0n) is 7.07. The van der Waals surface area contributed by atoms with Gasteiger partial charge in [-0.25, -0.2) is 0 Å². The zero-order valence-corrected chi connectivity index (χ0v) is 7.07. The summed E-state index contributed by atoms with van der Waals surface area (Å²) in [6, 6.07) is 0. The Bertz CT molecular complexity index is 194. The normalized spacial score (nSPS) is 9.64. The highest BCUT2D eigenvalue weighted by Crippen LogP contribution is 1.76. The van der Waals surface area contributed by atoms with Crippen LogP contribution in [0.3, 0.4) is 0 Å². The van der Waals surface area contributed by atoms with Gasteiger partial charge in [0.1, 0.15) is 0 Å². The van der Waals surface area contributed by atoms with Crippen molar-refractivity contribution in [3.63, 3.8) is 0 Å². The molecule has 0 saturated heterocycles. The van der Waals surface area contributed by atoms with E-state index in [0.29, 0.717) is 0 Å². The summed E-state index contributed by atoms with van der Waals surface area (Å²) in [5.41, 5.74) is 0. The molecule has 0 aliphatic heterocycles. The van der Waals surface area contributed by atoms with Crippen molar-refractivity contribution in [2.24, 2.45) is 0 Å². The molecule has 1 aromatic heterocycles. The van der Waals surface area contributed by atoms with E-state index in [1.54, 1.807) is 12.4 Å². The Hall–Kier alpha value is -1.12. The molecule has 60 valence electrons. The van der Waals surface area contributed by atoms with Gasteiger partial charge in [-0.3, -0.25) is 4.98 Å². The summed E-state index contributed by atoms with van der Waals surface area (Å²) in [5, 5.41) is 2.21. The summed E-state index contributed by atoms with van der Waals surface area (Å²) in [6.45, 7) is 6.31. The molecule has 0 fully saturated rings. The molecular weight excluding hydrogens is 138 g/mol. The Morgan fingerprint density at radius 1 is 1.18 bits per heavy atom. The van der Waals surface area contributed by atoms with Crippen LogP contribution in [0, 0.1) is 0 Å². The molecule has 0 amide bonds. The van der Waals surface area contributed by atoms with Gasteiger partial charge >= 0.3 is 0 Å². The van der Waals surface area contributed by atoms with Gasteiger partial charge in [-0.05, 0) is 13.8 Å². The second-order valence-corrected chi connectivity index (χ2v) is 2.26. The third-order valence-corrected chi connectivity index (χ3v) is 1.67. The summed E-state index contributed by atoms with van der Waals surface area (Å²) >= 11 is 0. The van der Waals surface area contributed by atoms with E-state index in [0.717, 1.165) is 13.1 Å². The first-order valence-electron chi connectivity index (χ1n) is 3.95. The van der Waals surface area contributed by atoms with Crippen molar-refractivity contribution >= 4 is 0 Å². The number of hydrogen-bond acceptors (Lipinski definition) is 2. The Labute approximate surface area is 67.3 Å². The van der Waals surface area contributed by atoms with Gasteiger partial charge in [0.2, 0.25) is 12.4 Å². The van der Waals surface area contributed by atoms with Crippen molar-refractivity contribution in [2.45, 2.75) is 13.8 Å². The lowest BCUT2D eigenvalue weighted by molar-refractivity contribution is -0.693. The van der Waals surface area contributed by atoms with E-state index in [4.69, 9.17) is 0 Å². The van der Waals surface area contributed by atoms with Crippen molar-refractivity contribution in [3.05, 3.63) is 24.8 Å². The van der Waals surface area contributed by atoms with Gasteiger partial charge in [-0.2, -0.15) is 5.01 Å². The van der Waals surface area contributed by atoms with Crippen LogP contribution in [0.1, 0.15) is 13.8 Å². The van der Waals surface area contributed by atoms with Crippen molar-refractivity contribution in [3.8, 4) is 0 Å². The fourth-order valence-corrected chi connectivity index (χ4v) is 1.05. The van der Waals surface area contributed by atoms with Gasteiger partial charge in [-0.15, -0.1) is 0 Å². The number of hydrogen-bond donors (Lipinski definition) is 0. The molecule has 11 heavy (non-hydrogen) atoms. The molecule has 0 aromatic carbocycles. The van der Waals surface area contributed by atoms with Crippen LogP contribution in [0.5, 0.6) is 0 Å². The SMILES string of the molecule is CCN(CC)[n+]1ccncc1. The molecule has 3 heteroatoms. The Kier molecular flexibility index (Phi) is 2.83. The minimum atomic E-state index is 1.02. The Balaban J connectivity index is 2.74. The molecule has 1 heterocycles. The van der Waals surface area contributed by atoms with E-state index < -0.39 is 0 Å². The topological polar surface area (TPSA) is 20.0 Å². The van der Waals surface area contributed by atoms with Crippen molar-refractivity contribution in [1.29, 1.82) is 0 Å². The highest BCUT2D eigenvalue weighted by Gasteiger charge is 2.05. The summed E-state index contributed by atoms with van der Waals surface area (Å²) in [6.07, 6.45) is 7.48. The summed E-state index contributed by atoms with van der Waals surface area (Å²) < 4.78 is 2.05. The van der Waals surface area contributed by atoms with E-state index in [1.165, 1.54) is 0 Å². The molecule has 0 N–H and O–H groups in total. The molecule has 0 unspecified atom stereocenters. The van der Waals surface area contributed by atoms with Gasteiger partial charge in [0.05, 0.1) is 25.5 Å². The highest BCUT2D eigenvalue weighted by molar-refractivity contribution is 4.69. The quantitative estimate of drug-likeness (QED) is 0.582. The second kappa shape index (κ2) is 3.91. The molecule has 0 aliphatic rings. The van der Waals surface area contributed by atoms with Crippen molar-refractivity contribution in [1.82, 2.24) is 4.98 Å². The molecule has 1 rings (SSSR count). The molecule has 0 atom stereocenters. The first-order chi connectivity index (χ1) is 5.38. The van der Waals surface area contributed by atoms with Gasteiger partial charge in [-0.1, -0.05) is 4.68 Å². The molecular formula is C8H14N3+. The Morgan fingerprint density at radius 2 is 1.73 bits per heavy atom. The minimum absolute atomic E-state index is 1.02. The maximum atomic E-state index is 3.95. The lowest BCUT2D eigenvalue weighted by atomic mass is 10.6. The van der Waals surface area contributed by atoms with Crippen LogP contribution < -0.4 is 9.69 Å². The maximum Gasteiger partial charge on any atom is 0.217 e. The third-order valence-electron chi connectivity index (χ3n) is 1.67. The van der Waals surface area contributed by atoms with E-state index in [-0.39, 0.29) is 0 Å². The predicted molar refractivity (Wildman–Crippen MR) is 43.7 cm³/mol. The predicted octanol–water partition coefficient (Wildman–Crippen LogP) is 0.347. The van der Waals surface area contributed by atoms with E-state index in [1.807, 2.05) is 17.1 Å². The fraction of sp³-hybridized carbons (Fsp3) is 0.500. The van der Waals surface area contributed by atoms with Crippen LogP contribution >= 0.6 is 0 Å². The van der Waals surface area contributed by atoms with Crippen LogP contribution in [-0.2, 0) is 0 Å². The molecule has 0 saturated carbocycles. The molecule has 1 aromatic rings.